The van der Waals surface area contributed by atoms with Gasteiger partial charge in [-0.1, -0.05) is 42.0 Å². The first-order valence-corrected chi connectivity index (χ1v) is 11.1. The molecule has 3 aromatic carbocycles. The van der Waals surface area contributed by atoms with Crippen LogP contribution in [0.3, 0.4) is 0 Å². The van der Waals surface area contributed by atoms with E-state index in [9.17, 15) is 19.2 Å². The van der Waals surface area contributed by atoms with Gasteiger partial charge in [0, 0.05) is 12.8 Å². The van der Waals surface area contributed by atoms with Crippen LogP contribution in [0.5, 0.6) is 11.5 Å². The summed E-state index contributed by atoms with van der Waals surface area (Å²) in [6.07, 6.45) is 0.460. The van der Waals surface area contributed by atoms with Gasteiger partial charge in [-0.05, 0) is 48.9 Å². The quantitative estimate of drug-likeness (QED) is 0.389. The van der Waals surface area contributed by atoms with Gasteiger partial charge in [0.15, 0.2) is 12.4 Å². The summed E-state index contributed by atoms with van der Waals surface area (Å²) in [7, 11) is 0. The summed E-state index contributed by atoms with van der Waals surface area (Å²) >= 11 is 0. The minimum atomic E-state index is -0.663. The molecule has 4 rings (SSSR count). The van der Waals surface area contributed by atoms with Crippen LogP contribution in [0, 0.1) is 6.92 Å². The number of rotatable bonds is 8. The Bertz CT molecular complexity index is 1240. The molecule has 0 radical (unpaired) electrons. The molecule has 3 amide bonds. The Balaban J connectivity index is 1.30. The molecule has 3 aromatic rings. The maximum absolute atomic E-state index is 12.4. The maximum Gasteiger partial charge on any atom is 0.338 e. The van der Waals surface area contributed by atoms with Crippen molar-refractivity contribution in [3.05, 3.63) is 89.5 Å². The predicted molar refractivity (Wildman–Crippen MR) is 128 cm³/mol. The lowest BCUT2D eigenvalue weighted by molar-refractivity contribution is -0.139. The Labute approximate surface area is 202 Å². The van der Waals surface area contributed by atoms with Crippen LogP contribution in [0.1, 0.15) is 34.3 Å². The minimum Gasteiger partial charge on any atom is -0.455 e. The monoisotopic (exact) mass is 472 g/mol. The van der Waals surface area contributed by atoms with Gasteiger partial charge in [0.1, 0.15) is 5.75 Å². The van der Waals surface area contributed by atoms with Gasteiger partial charge in [0.2, 0.25) is 11.8 Å². The summed E-state index contributed by atoms with van der Waals surface area (Å²) in [4.78, 5) is 49.5. The Morgan fingerprint density at radius 3 is 2.23 bits per heavy atom. The Kier molecular flexibility index (Phi) is 7.21. The fraction of sp³-hybridized carbons (Fsp3) is 0.185. The predicted octanol–water partition coefficient (Wildman–Crippen LogP) is 4.23. The van der Waals surface area contributed by atoms with Crippen molar-refractivity contribution in [1.82, 2.24) is 4.90 Å². The topological polar surface area (TPSA) is 102 Å². The molecule has 178 valence electrons. The Hall–Kier alpha value is -4.46. The van der Waals surface area contributed by atoms with Crippen LogP contribution in [-0.2, 0) is 25.7 Å². The Morgan fingerprint density at radius 2 is 1.54 bits per heavy atom. The van der Waals surface area contributed by atoms with Crippen molar-refractivity contribution in [3.8, 4) is 11.5 Å². The van der Waals surface area contributed by atoms with E-state index in [-0.39, 0.29) is 36.8 Å². The van der Waals surface area contributed by atoms with Crippen molar-refractivity contribution >= 4 is 29.4 Å². The number of amides is 3. The van der Waals surface area contributed by atoms with Crippen molar-refractivity contribution in [2.45, 2.75) is 26.3 Å². The molecule has 0 atom stereocenters. The zero-order chi connectivity index (χ0) is 24.8. The molecule has 0 aromatic heterocycles. The van der Waals surface area contributed by atoms with Crippen LogP contribution >= 0.6 is 0 Å². The van der Waals surface area contributed by atoms with Crippen molar-refractivity contribution < 1.29 is 28.7 Å². The largest absolute Gasteiger partial charge is 0.455 e. The van der Waals surface area contributed by atoms with Crippen LogP contribution in [0.15, 0.2) is 72.8 Å². The number of anilines is 1. The Morgan fingerprint density at radius 1 is 0.886 bits per heavy atom. The molecule has 1 saturated heterocycles. The molecule has 0 spiro atoms. The smallest absolute Gasteiger partial charge is 0.338 e. The van der Waals surface area contributed by atoms with E-state index in [1.807, 2.05) is 31.2 Å². The number of nitrogens with one attached hydrogen (secondary N) is 1. The third-order valence-electron chi connectivity index (χ3n) is 5.43. The van der Waals surface area contributed by atoms with Gasteiger partial charge in [0.05, 0.1) is 17.8 Å². The van der Waals surface area contributed by atoms with E-state index in [4.69, 9.17) is 9.47 Å². The molecule has 1 heterocycles. The van der Waals surface area contributed by atoms with Crippen LogP contribution in [0.25, 0.3) is 0 Å². The molecular weight excluding hydrogens is 448 g/mol. The third kappa shape index (κ3) is 6.11. The highest BCUT2D eigenvalue weighted by atomic mass is 16.5. The van der Waals surface area contributed by atoms with Crippen LogP contribution in [-0.4, -0.2) is 35.2 Å². The van der Waals surface area contributed by atoms with E-state index in [2.05, 4.69) is 5.32 Å². The number of carbonyl (C=O) groups excluding carboxylic acids is 4. The molecule has 0 saturated carbocycles. The third-order valence-corrected chi connectivity index (χ3v) is 5.43. The highest BCUT2D eigenvalue weighted by molar-refractivity contribution is 6.02. The number of hydrogen-bond acceptors (Lipinski definition) is 6. The lowest BCUT2D eigenvalue weighted by Crippen LogP contribution is -2.28. The number of nitrogens with zero attached hydrogens (tertiary/aromatic N) is 1. The van der Waals surface area contributed by atoms with E-state index in [0.29, 0.717) is 22.7 Å². The first-order valence-electron chi connectivity index (χ1n) is 11.1. The number of hydrogen-bond donors (Lipinski definition) is 1. The number of benzene rings is 3. The van der Waals surface area contributed by atoms with Gasteiger partial charge in [-0.2, -0.15) is 0 Å². The second-order valence-electron chi connectivity index (χ2n) is 8.11. The summed E-state index contributed by atoms with van der Waals surface area (Å²) in [5, 5.41) is 2.70. The standard InChI is InChI=1S/C27H24N2O6/c1-18-6-12-21(13-7-18)35-23-5-3-2-4-22(23)28-24(30)17-34-27(33)20-10-8-19(9-11-20)16-29-25(31)14-15-26(29)32/h2-13H,14-17H2,1H3,(H,28,30). The fourth-order valence-electron chi connectivity index (χ4n) is 3.52. The maximum atomic E-state index is 12.4. The fourth-order valence-corrected chi connectivity index (χ4v) is 3.52. The highest BCUT2D eigenvalue weighted by Gasteiger charge is 2.28. The molecule has 0 unspecified atom stereocenters. The molecule has 8 nitrogen and oxygen atoms in total. The van der Waals surface area contributed by atoms with Gasteiger partial charge in [-0.15, -0.1) is 0 Å². The lowest BCUT2D eigenvalue weighted by Gasteiger charge is -2.14. The van der Waals surface area contributed by atoms with Crippen molar-refractivity contribution in [1.29, 1.82) is 0 Å². The average molecular weight is 472 g/mol. The summed E-state index contributed by atoms with van der Waals surface area (Å²) in [5.41, 5.74) is 2.52. The number of carbonyl (C=O) groups is 4. The van der Waals surface area contributed by atoms with Gasteiger partial charge in [0.25, 0.3) is 5.91 Å². The van der Waals surface area contributed by atoms with Crippen LogP contribution in [0.4, 0.5) is 5.69 Å². The van der Waals surface area contributed by atoms with Gasteiger partial charge in [-0.3, -0.25) is 19.3 Å². The molecule has 1 aliphatic heterocycles. The molecule has 35 heavy (non-hydrogen) atoms. The summed E-state index contributed by atoms with van der Waals surface area (Å²) < 4.78 is 11.0. The number of para-hydroxylation sites is 2. The summed E-state index contributed by atoms with van der Waals surface area (Å²) in [5.74, 6) is -0.483. The lowest BCUT2D eigenvalue weighted by atomic mass is 10.1. The van der Waals surface area contributed by atoms with E-state index in [0.717, 1.165) is 5.56 Å². The molecule has 1 N–H and O–H groups in total. The molecule has 8 heteroatoms. The normalized spacial score (nSPS) is 13.0. The zero-order valence-corrected chi connectivity index (χ0v) is 19.2. The summed E-state index contributed by atoms with van der Waals surface area (Å²) in [6.45, 7) is 1.67. The van der Waals surface area contributed by atoms with Crippen molar-refractivity contribution in [2.24, 2.45) is 0 Å². The first kappa shape index (κ1) is 23.7. The summed E-state index contributed by atoms with van der Waals surface area (Å²) in [6, 6.07) is 20.8. The number of aryl methyl sites for hydroxylation is 1. The van der Waals surface area contributed by atoms with E-state index >= 15 is 0 Å². The van der Waals surface area contributed by atoms with E-state index in [1.165, 1.54) is 17.0 Å². The average Bonchev–Trinajstić information content (AvgIpc) is 3.17. The second kappa shape index (κ2) is 10.6. The van der Waals surface area contributed by atoms with Crippen molar-refractivity contribution in [2.75, 3.05) is 11.9 Å². The molecule has 1 aliphatic rings. The molecule has 1 fully saturated rings. The number of ether oxygens (including phenoxy) is 2. The number of imide groups is 1. The molecular formula is C27H24N2O6. The van der Waals surface area contributed by atoms with Gasteiger partial charge >= 0.3 is 5.97 Å². The van der Waals surface area contributed by atoms with Crippen LogP contribution < -0.4 is 10.1 Å². The van der Waals surface area contributed by atoms with E-state index in [1.54, 1.807) is 36.4 Å². The van der Waals surface area contributed by atoms with Crippen molar-refractivity contribution in [3.63, 3.8) is 0 Å². The minimum absolute atomic E-state index is 0.166. The molecule has 0 bridgehead atoms. The number of likely N-dealkylation sites (tertiary alicyclic amines) is 1. The number of esters is 1. The molecule has 0 aliphatic carbocycles. The van der Waals surface area contributed by atoms with Gasteiger partial charge in [-0.25, -0.2) is 4.79 Å². The highest BCUT2D eigenvalue weighted by Crippen LogP contribution is 2.29. The van der Waals surface area contributed by atoms with Gasteiger partial charge < -0.3 is 14.8 Å². The van der Waals surface area contributed by atoms with Crippen LogP contribution in [0.2, 0.25) is 0 Å². The van der Waals surface area contributed by atoms with E-state index < -0.39 is 18.5 Å². The SMILES string of the molecule is Cc1ccc(Oc2ccccc2NC(=O)COC(=O)c2ccc(CN3C(=O)CCC3=O)cc2)cc1. The second-order valence-corrected chi connectivity index (χ2v) is 8.11. The first-order chi connectivity index (χ1) is 16.9. The zero-order valence-electron chi connectivity index (χ0n) is 19.2.